The monoisotopic (exact) mass is 420 g/mol. The number of fused-ring (bicyclic) bond motifs is 3. The Morgan fingerprint density at radius 1 is 0.812 bits per heavy atom. The molecule has 162 valence electrons. The van der Waals surface area contributed by atoms with Crippen LogP contribution in [0.3, 0.4) is 0 Å². The summed E-state index contributed by atoms with van der Waals surface area (Å²) in [6, 6.07) is 18.6. The Balaban J connectivity index is 1.66. The third-order valence-electron chi connectivity index (χ3n) is 7.70. The Labute approximate surface area is 192 Å². The van der Waals surface area contributed by atoms with E-state index < -0.39 is 0 Å². The number of rotatable bonds is 3. The second kappa shape index (κ2) is 6.75. The Hall–Kier alpha value is -3.00. The van der Waals surface area contributed by atoms with Gasteiger partial charge < -0.3 is 9.80 Å². The highest BCUT2D eigenvalue weighted by Gasteiger charge is 2.46. The summed E-state index contributed by atoms with van der Waals surface area (Å²) >= 11 is 0. The second-order valence-electron chi connectivity index (χ2n) is 10.4. The minimum absolute atomic E-state index is 0.269. The van der Waals surface area contributed by atoms with Crippen LogP contribution in [0.5, 0.6) is 0 Å². The summed E-state index contributed by atoms with van der Waals surface area (Å²) in [7, 11) is 0. The Kier molecular flexibility index (Phi) is 4.15. The van der Waals surface area contributed by atoms with Crippen LogP contribution in [-0.4, -0.2) is 4.90 Å². The van der Waals surface area contributed by atoms with Crippen LogP contribution < -0.4 is 4.90 Å². The molecule has 0 saturated carbocycles. The van der Waals surface area contributed by atoms with Crippen LogP contribution in [0.15, 0.2) is 54.7 Å². The number of aryl methyl sites for hydroxylation is 2. The number of hydrogen-bond donors (Lipinski definition) is 0. The van der Waals surface area contributed by atoms with E-state index in [1.54, 1.807) is 0 Å². The fourth-order valence-electron chi connectivity index (χ4n) is 5.99. The van der Waals surface area contributed by atoms with Gasteiger partial charge in [-0.3, -0.25) is 0 Å². The van der Waals surface area contributed by atoms with E-state index in [1.807, 2.05) is 0 Å². The molecule has 0 radical (unpaired) electrons. The summed E-state index contributed by atoms with van der Waals surface area (Å²) < 4.78 is 0. The predicted molar refractivity (Wildman–Crippen MR) is 135 cm³/mol. The molecule has 0 saturated heterocycles. The molecule has 1 unspecified atom stereocenters. The lowest BCUT2D eigenvalue weighted by Crippen LogP contribution is -2.31. The van der Waals surface area contributed by atoms with Gasteiger partial charge in [0.1, 0.15) is 6.17 Å². The summed E-state index contributed by atoms with van der Waals surface area (Å²) in [5, 5.41) is 0. The van der Waals surface area contributed by atoms with Crippen LogP contribution in [0.25, 0.3) is 16.8 Å². The first kappa shape index (κ1) is 19.7. The van der Waals surface area contributed by atoms with Gasteiger partial charge in [0, 0.05) is 29.4 Å². The summed E-state index contributed by atoms with van der Waals surface area (Å²) in [4.78, 5) is 5.20. The molecule has 0 aromatic heterocycles. The van der Waals surface area contributed by atoms with E-state index in [2.05, 4.69) is 106 Å². The maximum Gasteiger partial charge on any atom is 0.133 e. The average molecular weight is 421 g/mol. The highest BCUT2D eigenvalue weighted by molar-refractivity contribution is 5.96. The normalized spacial score (nSPS) is 17.9. The average Bonchev–Trinajstić information content (AvgIpc) is 3.30. The maximum absolute atomic E-state index is 2.65. The quantitative estimate of drug-likeness (QED) is 0.425. The lowest BCUT2D eigenvalue weighted by atomic mass is 9.84. The smallest absolute Gasteiger partial charge is 0.133 e. The molecule has 2 nitrogen and oxygen atoms in total. The zero-order chi connectivity index (χ0) is 22.3. The van der Waals surface area contributed by atoms with Crippen molar-refractivity contribution in [1.29, 1.82) is 0 Å². The molecule has 0 bridgehead atoms. The molecule has 0 aliphatic carbocycles. The first-order chi connectivity index (χ1) is 15.4. The highest BCUT2D eigenvalue weighted by atomic mass is 15.4. The summed E-state index contributed by atoms with van der Waals surface area (Å²) in [6.07, 6.45) is 2.72. The van der Waals surface area contributed by atoms with Crippen molar-refractivity contribution in [2.45, 2.75) is 66.1 Å². The van der Waals surface area contributed by atoms with Gasteiger partial charge in [0.15, 0.2) is 0 Å². The summed E-state index contributed by atoms with van der Waals surface area (Å²) in [6.45, 7) is 14.8. The Bertz CT molecular complexity index is 1270. The molecule has 0 spiro atoms. The molecular formula is C30H32N2. The summed E-state index contributed by atoms with van der Waals surface area (Å²) in [5.41, 5.74) is 15.6. The minimum Gasteiger partial charge on any atom is -0.347 e. The number of benzene rings is 3. The molecule has 0 fully saturated rings. The van der Waals surface area contributed by atoms with Gasteiger partial charge >= 0.3 is 0 Å². The molecule has 0 amide bonds. The van der Waals surface area contributed by atoms with Gasteiger partial charge in [-0.2, -0.15) is 0 Å². The van der Waals surface area contributed by atoms with Crippen molar-refractivity contribution in [2.24, 2.45) is 0 Å². The lowest BCUT2D eigenvalue weighted by molar-refractivity contribution is 0.334. The molecule has 6 rings (SSSR count). The van der Waals surface area contributed by atoms with Gasteiger partial charge in [-0.15, -0.1) is 0 Å². The van der Waals surface area contributed by atoms with Crippen molar-refractivity contribution in [3.63, 3.8) is 0 Å². The largest absolute Gasteiger partial charge is 0.347 e. The molecule has 1 atom stereocenters. The van der Waals surface area contributed by atoms with E-state index in [-0.39, 0.29) is 6.17 Å². The predicted octanol–water partition coefficient (Wildman–Crippen LogP) is 7.86. The van der Waals surface area contributed by atoms with E-state index >= 15 is 0 Å². The van der Waals surface area contributed by atoms with Gasteiger partial charge in [-0.25, -0.2) is 0 Å². The zero-order valence-electron chi connectivity index (χ0n) is 20.0. The molecule has 3 aromatic rings. The molecule has 3 aliphatic rings. The van der Waals surface area contributed by atoms with Crippen molar-refractivity contribution in [1.82, 2.24) is 4.90 Å². The molecular weight excluding hydrogens is 388 g/mol. The third-order valence-corrected chi connectivity index (χ3v) is 7.70. The summed E-state index contributed by atoms with van der Waals surface area (Å²) in [5.74, 6) is 0.957. The first-order valence-electron chi connectivity index (χ1n) is 12.0. The SMILES string of the molecule is Cc1cc2c(cc1C)N1C(c3c(C(C)C)cccc3C(C)C)=CN3Cc4cccc-2c4C31. The van der Waals surface area contributed by atoms with Crippen molar-refractivity contribution >= 4 is 11.4 Å². The van der Waals surface area contributed by atoms with E-state index in [0.29, 0.717) is 11.8 Å². The van der Waals surface area contributed by atoms with E-state index in [4.69, 9.17) is 0 Å². The number of hydrogen-bond acceptors (Lipinski definition) is 2. The van der Waals surface area contributed by atoms with Gasteiger partial charge in [0.2, 0.25) is 0 Å². The lowest BCUT2D eigenvalue weighted by Gasteiger charge is -2.38. The molecule has 3 aromatic carbocycles. The third kappa shape index (κ3) is 2.53. The number of anilines is 1. The van der Waals surface area contributed by atoms with Crippen LogP contribution in [0.4, 0.5) is 5.69 Å². The maximum atomic E-state index is 2.65. The van der Waals surface area contributed by atoms with E-state index in [0.717, 1.165) is 6.54 Å². The molecule has 3 aliphatic heterocycles. The van der Waals surface area contributed by atoms with Crippen molar-refractivity contribution in [3.8, 4) is 11.1 Å². The van der Waals surface area contributed by atoms with Gasteiger partial charge in [-0.05, 0) is 71.2 Å². The van der Waals surface area contributed by atoms with Crippen LogP contribution in [0.1, 0.15) is 84.6 Å². The van der Waals surface area contributed by atoms with Crippen molar-refractivity contribution in [3.05, 3.63) is 93.7 Å². The molecule has 2 heteroatoms. The molecule has 3 heterocycles. The second-order valence-corrected chi connectivity index (χ2v) is 10.4. The Morgan fingerprint density at radius 2 is 1.47 bits per heavy atom. The Morgan fingerprint density at radius 3 is 2.16 bits per heavy atom. The number of nitrogens with zero attached hydrogens (tertiary/aromatic N) is 2. The van der Waals surface area contributed by atoms with Gasteiger partial charge in [-0.1, -0.05) is 64.1 Å². The van der Waals surface area contributed by atoms with Crippen molar-refractivity contribution in [2.75, 3.05) is 4.90 Å². The highest BCUT2D eigenvalue weighted by Crippen LogP contribution is 2.57. The van der Waals surface area contributed by atoms with E-state index in [1.165, 1.54) is 61.5 Å². The fourth-order valence-corrected chi connectivity index (χ4v) is 5.99. The standard InChI is InChI=1S/C30H32N2/c1-17(2)22-10-8-11-23(18(3)4)29(22)27-16-31-15-21-9-7-12-24-25-13-19(5)20(6)14-26(25)32(27)30(31)28(21)24/h7-14,16-18,30H,15H2,1-6H3. The molecule has 0 N–H and O–H groups in total. The topological polar surface area (TPSA) is 6.48 Å². The van der Waals surface area contributed by atoms with Crippen LogP contribution in [0, 0.1) is 13.8 Å². The zero-order valence-corrected chi connectivity index (χ0v) is 20.0. The van der Waals surface area contributed by atoms with Crippen LogP contribution >= 0.6 is 0 Å². The van der Waals surface area contributed by atoms with Crippen LogP contribution in [-0.2, 0) is 6.54 Å². The van der Waals surface area contributed by atoms with Crippen molar-refractivity contribution < 1.29 is 0 Å². The van der Waals surface area contributed by atoms with Gasteiger partial charge in [0.05, 0.1) is 11.4 Å². The fraction of sp³-hybridized carbons (Fsp3) is 0.333. The molecule has 32 heavy (non-hydrogen) atoms. The van der Waals surface area contributed by atoms with Gasteiger partial charge in [0.25, 0.3) is 0 Å². The first-order valence-corrected chi connectivity index (χ1v) is 12.0. The minimum atomic E-state index is 0.269. The van der Waals surface area contributed by atoms with E-state index in [9.17, 15) is 0 Å². The van der Waals surface area contributed by atoms with Crippen LogP contribution in [0.2, 0.25) is 0 Å².